The van der Waals surface area contributed by atoms with Crippen LogP contribution in [-0.4, -0.2) is 45.6 Å². The summed E-state index contributed by atoms with van der Waals surface area (Å²) in [5.74, 6) is -2.91. The fourth-order valence-corrected chi connectivity index (χ4v) is 3.04. The Bertz CT molecular complexity index is 1260. The van der Waals surface area contributed by atoms with Gasteiger partial charge in [-0.05, 0) is 45.9 Å². The molecule has 13 heteroatoms. The Labute approximate surface area is 176 Å². The number of pyridine rings is 1. The van der Waals surface area contributed by atoms with Gasteiger partial charge in [0.15, 0.2) is 5.69 Å². The number of carboxylic acids is 1. The number of aromatic amines is 1. The predicted octanol–water partition coefficient (Wildman–Crippen LogP) is 2.28. The van der Waals surface area contributed by atoms with Crippen LogP contribution in [0.25, 0.3) is 0 Å². The topological polar surface area (TPSA) is 199 Å². The average molecular weight is 452 g/mol. The number of azo groups is 1. The number of hydrogen-bond donors (Lipinski definition) is 5. The zero-order valence-corrected chi connectivity index (χ0v) is 17.7. The lowest BCUT2D eigenvalue weighted by Crippen LogP contribution is -2.41. The van der Waals surface area contributed by atoms with E-state index in [1.165, 1.54) is 6.92 Å². The monoisotopic (exact) mass is 452 g/mol. The van der Waals surface area contributed by atoms with Crippen LogP contribution in [0, 0.1) is 6.92 Å². The van der Waals surface area contributed by atoms with Crippen molar-refractivity contribution >= 4 is 33.4 Å². The number of nitrogens with one attached hydrogen (secondary N) is 2. The predicted molar refractivity (Wildman–Crippen MR) is 108 cm³/mol. The van der Waals surface area contributed by atoms with Gasteiger partial charge in [0.25, 0.3) is 21.6 Å². The van der Waals surface area contributed by atoms with Gasteiger partial charge in [0.2, 0.25) is 5.88 Å². The number of nitrogens with zero attached hydrogens (tertiary/aromatic N) is 2. The Balaban J connectivity index is 2.59. The van der Waals surface area contributed by atoms with Crippen molar-refractivity contribution in [3.63, 3.8) is 0 Å². The Morgan fingerprint density at radius 3 is 2.29 bits per heavy atom. The number of aromatic nitrogens is 1. The van der Waals surface area contributed by atoms with Crippen LogP contribution >= 0.6 is 0 Å². The number of hydrogen-bond acceptors (Lipinski definition) is 8. The number of rotatable bonds is 5. The van der Waals surface area contributed by atoms with Crippen LogP contribution in [0.5, 0.6) is 5.88 Å². The molecule has 0 aliphatic heterocycles. The first kappa shape index (κ1) is 23.7. The van der Waals surface area contributed by atoms with E-state index in [-0.39, 0.29) is 22.5 Å². The third-order valence-corrected chi connectivity index (χ3v) is 4.73. The second kappa shape index (κ2) is 8.28. The third kappa shape index (κ3) is 5.52. The van der Waals surface area contributed by atoms with Crippen LogP contribution in [0.2, 0.25) is 0 Å². The summed E-state index contributed by atoms with van der Waals surface area (Å²) in [6, 6.07) is 2.57. The molecule has 0 aliphatic carbocycles. The molecule has 1 aromatic heterocycles. The lowest BCUT2D eigenvalue weighted by Gasteiger charge is -2.21. The minimum Gasteiger partial charge on any atom is -0.494 e. The van der Waals surface area contributed by atoms with E-state index in [2.05, 4.69) is 20.5 Å². The number of aromatic carboxylic acids is 1. The molecule has 166 valence electrons. The van der Waals surface area contributed by atoms with Crippen LogP contribution in [-0.2, 0) is 10.1 Å². The van der Waals surface area contributed by atoms with E-state index < -0.39 is 49.4 Å². The van der Waals surface area contributed by atoms with Gasteiger partial charge in [0.05, 0.1) is 10.5 Å². The third-order valence-electron chi connectivity index (χ3n) is 3.88. The van der Waals surface area contributed by atoms with Crippen molar-refractivity contribution in [2.45, 2.75) is 38.1 Å². The van der Waals surface area contributed by atoms with Crippen molar-refractivity contribution in [1.29, 1.82) is 0 Å². The lowest BCUT2D eigenvalue weighted by atomic mass is 10.1. The van der Waals surface area contributed by atoms with E-state index in [0.29, 0.717) is 6.07 Å². The number of H-pyrrole nitrogens is 1. The Morgan fingerprint density at radius 2 is 1.77 bits per heavy atom. The standard InChI is InChI=1S/C18H20N4O8S/c1-8-12(15(24)20-18(2,3)4)14(23)19-16(25)13(8)22-21-11-6-5-9(31(28,29)30)7-10(11)17(26)27/h5-7H,1-4H3,(H,20,24)(H,26,27)(H2,19,23,25)(H,28,29,30). The highest BCUT2D eigenvalue weighted by Gasteiger charge is 2.24. The highest BCUT2D eigenvalue weighted by Crippen LogP contribution is 2.28. The smallest absolute Gasteiger partial charge is 0.338 e. The van der Waals surface area contributed by atoms with Crippen molar-refractivity contribution in [1.82, 2.24) is 10.3 Å². The summed E-state index contributed by atoms with van der Waals surface area (Å²) in [4.78, 5) is 37.6. The molecule has 0 spiro atoms. The van der Waals surface area contributed by atoms with Crippen LogP contribution in [0.3, 0.4) is 0 Å². The molecule has 0 atom stereocenters. The minimum atomic E-state index is -4.65. The first-order valence-electron chi connectivity index (χ1n) is 8.66. The number of carboxylic acid groups (broad SMARTS) is 1. The molecule has 0 saturated heterocycles. The number of aromatic hydroxyl groups is 1. The summed E-state index contributed by atoms with van der Waals surface area (Å²) in [5, 5.41) is 29.3. The fraction of sp³-hybridized carbons (Fsp3) is 0.278. The molecule has 0 radical (unpaired) electrons. The molecule has 1 heterocycles. The zero-order valence-electron chi connectivity index (χ0n) is 16.9. The summed E-state index contributed by atoms with van der Waals surface area (Å²) in [6.45, 7) is 6.49. The molecule has 0 unspecified atom stereocenters. The van der Waals surface area contributed by atoms with Gasteiger partial charge in [-0.15, -0.1) is 10.2 Å². The summed E-state index contributed by atoms with van der Waals surface area (Å²) in [6.07, 6.45) is 0. The highest BCUT2D eigenvalue weighted by molar-refractivity contribution is 7.85. The zero-order chi connectivity index (χ0) is 23.7. The van der Waals surface area contributed by atoms with Crippen molar-refractivity contribution in [3.05, 3.63) is 45.2 Å². The summed E-state index contributed by atoms with van der Waals surface area (Å²) < 4.78 is 31.5. The fourth-order valence-electron chi connectivity index (χ4n) is 2.53. The maximum Gasteiger partial charge on any atom is 0.338 e. The largest absolute Gasteiger partial charge is 0.494 e. The minimum absolute atomic E-state index is 0.0156. The van der Waals surface area contributed by atoms with Crippen molar-refractivity contribution in [2.24, 2.45) is 10.2 Å². The number of amides is 1. The molecule has 0 fully saturated rings. The van der Waals surface area contributed by atoms with Crippen LogP contribution in [0.1, 0.15) is 47.1 Å². The molecule has 2 rings (SSSR count). The van der Waals surface area contributed by atoms with Crippen molar-refractivity contribution < 1.29 is 32.8 Å². The van der Waals surface area contributed by atoms with Crippen LogP contribution < -0.4 is 10.9 Å². The van der Waals surface area contributed by atoms with Crippen molar-refractivity contribution in [3.8, 4) is 5.88 Å². The maximum absolute atomic E-state index is 12.5. The second-order valence-electron chi connectivity index (χ2n) is 7.51. The summed E-state index contributed by atoms with van der Waals surface area (Å²) in [5.41, 5.74) is -3.07. The molecule has 0 saturated carbocycles. The van der Waals surface area contributed by atoms with E-state index in [1.807, 2.05) is 0 Å². The SMILES string of the molecule is Cc1c(C(=O)NC(C)(C)C)c(O)[nH]c(=O)c1N=Nc1ccc(S(=O)(=O)O)cc1C(=O)O. The molecule has 1 aromatic carbocycles. The Hall–Kier alpha value is -3.58. The molecule has 1 amide bonds. The first-order chi connectivity index (χ1) is 14.1. The molecule has 12 nitrogen and oxygen atoms in total. The van der Waals surface area contributed by atoms with Gasteiger partial charge in [-0.3, -0.25) is 19.1 Å². The lowest BCUT2D eigenvalue weighted by molar-refractivity contribution is 0.0697. The Kier molecular flexibility index (Phi) is 6.33. The number of benzene rings is 1. The molecule has 0 aliphatic rings. The van der Waals surface area contributed by atoms with E-state index in [4.69, 9.17) is 4.55 Å². The van der Waals surface area contributed by atoms with E-state index in [0.717, 1.165) is 12.1 Å². The normalized spacial score (nSPS) is 12.2. The second-order valence-corrected chi connectivity index (χ2v) is 8.94. The van der Waals surface area contributed by atoms with E-state index in [1.54, 1.807) is 20.8 Å². The maximum atomic E-state index is 12.5. The number of carbonyl (C=O) groups is 2. The summed E-state index contributed by atoms with van der Waals surface area (Å²) >= 11 is 0. The summed E-state index contributed by atoms with van der Waals surface area (Å²) in [7, 11) is -4.65. The Morgan fingerprint density at radius 1 is 1.16 bits per heavy atom. The van der Waals surface area contributed by atoms with E-state index in [9.17, 15) is 33.0 Å². The van der Waals surface area contributed by atoms with Gasteiger partial charge in [-0.2, -0.15) is 8.42 Å². The molecule has 0 bridgehead atoms. The van der Waals surface area contributed by atoms with Gasteiger partial charge >= 0.3 is 5.97 Å². The van der Waals surface area contributed by atoms with Crippen molar-refractivity contribution in [2.75, 3.05) is 0 Å². The quantitative estimate of drug-likeness (QED) is 0.336. The van der Waals surface area contributed by atoms with Gasteiger partial charge in [0.1, 0.15) is 11.3 Å². The molecule has 5 N–H and O–H groups in total. The van der Waals surface area contributed by atoms with Crippen LogP contribution in [0.4, 0.5) is 11.4 Å². The van der Waals surface area contributed by atoms with Gasteiger partial charge in [-0.1, -0.05) is 0 Å². The first-order valence-corrected chi connectivity index (χ1v) is 10.1. The number of carbonyl (C=O) groups excluding carboxylic acids is 1. The van der Waals surface area contributed by atoms with E-state index >= 15 is 0 Å². The van der Waals surface area contributed by atoms with Gasteiger partial charge in [-0.25, -0.2) is 4.79 Å². The molecule has 31 heavy (non-hydrogen) atoms. The average Bonchev–Trinajstić information content (AvgIpc) is 2.58. The van der Waals surface area contributed by atoms with Gasteiger partial charge < -0.3 is 15.5 Å². The molecular weight excluding hydrogens is 432 g/mol. The molecular formula is C18H20N4O8S. The van der Waals surface area contributed by atoms with Gasteiger partial charge in [0, 0.05) is 11.1 Å². The highest BCUT2D eigenvalue weighted by atomic mass is 32.2. The van der Waals surface area contributed by atoms with Crippen LogP contribution in [0.15, 0.2) is 38.1 Å². The molecule has 2 aromatic rings.